The van der Waals surface area contributed by atoms with E-state index in [0.29, 0.717) is 0 Å². The van der Waals surface area contributed by atoms with E-state index in [1.54, 1.807) is 6.92 Å². The molecule has 2 heteroatoms. The van der Waals surface area contributed by atoms with E-state index < -0.39 is 6.10 Å². The van der Waals surface area contributed by atoms with E-state index in [-0.39, 0.29) is 0 Å². The second kappa shape index (κ2) is 5.18. The third kappa shape index (κ3) is 2.85. The fraction of sp³-hybridized carbons (Fsp3) is 0.133. The number of nitrogens with zero attached hydrogens (tertiary/aromatic N) is 1. The summed E-state index contributed by atoms with van der Waals surface area (Å²) in [5, 5.41) is 8.65. The van der Waals surface area contributed by atoms with E-state index in [1.807, 2.05) is 48.5 Å². The van der Waals surface area contributed by atoms with Crippen LogP contribution in [0.4, 0.5) is 0 Å². The molecule has 0 spiro atoms. The summed E-state index contributed by atoms with van der Waals surface area (Å²) in [6.45, 7) is 1.73. The van der Waals surface area contributed by atoms with Crippen LogP contribution in [0.15, 0.2) is 54.6 Å². The lowest BCUT2D eigenvalue weighted by atomic mass is 10.1. The van der Waals surface area contributed by atoms with Gasteiger partial charge in [-0.3, -0.25) is 0 Å². The lowest BCUT2D eigenvalue weighted by molar-refractivity contribution is 0.276. The van der Waals surface area contributed by atoms with Crippen LogP contribution in [0, 0.1) is 11.3 Å². The molecule has 2 rings (SSSR count). The maximum absolute atomic E-state index is 8.65. The zero-order valence-corrected chi connectivity index (χ0v) is 9.63. The summed E-state index contributed by atoms with van der Waals surface area (Å²) < 4.78 is 5.39. The first-order valence-electron chi connectivity index (χ1n) is 5.51. The molecule has 0 fully saturated rings. The van der Waals surface area contributed by atoms with Gasteiger partial charge in [0, 0.05) is 0 Å². The minimum atomic E-state index is -0.419. The van der Waals surface area contributed by atoms with Crippen molar-refractivity contribution in [3.05, 3.63) is 54.6 Å². The molecule has 0 saturated heterocycles. The largest absolute Gasteiger partial charge is 0.476 e. The van der Waals surface area contributed by atoms with Gasteiger partial charge in [-0.25, -0.2) is 0 Å². The van der Waals surface area contributed by atoms with Crippen LogP contribution in [0.25, 0.3) is 11.1 Å². The first-order valence-corrected chi connectivity index (χ1v) is 5.51. The highest BCUT2D eigenvalue weighted by Crippen LogP contribution is 2.22. The van der Waals surface area contributed by atoms with Gasteiger partial charge in [0.05, 0.1) is 0 Å². The predicted molar refractivity (Wildman–Crippen MR) is 67.6 cm³/mol. The summed E-state index contributed by atoms with van der Waals surface area (Å²) >= 11 is 0. The van der Waals surface area contributed by atoms with Crippen molar-refractivity contribution in [3.8, 4) is 22.9 Å². The second-order valence-corrected chi connectivity index (χ2v) is 3.78. The summed E-state index contributed by atoms with van der Waals surface area (Å²) in [6, 6.07) is 19.9. The Morgan fingerprint density at radius 2 is 1.53 bits per heavy atom. The van der Waals surface area contributed by atoms with Crippen LogP contribution in [-0.4, -0.2) is 6.10 Å². The molecule has 84 valence electrons. The van der Waals surface area contributed by atoms with Crippen molar-refractivity contribution in [2.75, 3.05) is 0 Å². The van der Waals surface area contributed by atoms with Crippen molar-refractivity contribution in [1.29, 1.82) is 5.26 Å². The zero-order valence-electron chi connectivity index (χ0n) is 9.63. The summed E-state index contributed by atoms with van der Waals surface area (Å²) in [5.41, 5.74) is 2.31. The van der Waals surface area contributed by atoms with E-state index in [4.69, 9.17) is 10.00 Å². The molecule has 0 aliphatic carbocycles. The second-order valence-electron chi connectivity index (χ2n) is 3.78. The van der Waals surface area contributed by atoms with Crippen LogP contribution in [-0.2, 0) is 0 Å². The summed E-state index contributed by atoms with van der Waals surface area (Å²) in [5.74, 6) is 0.721. The minimum absolute atomic E-state index is 0.419. The van der Waals surface area contributed by atoms with Gasteiger partial charge in [-0.2, -0.15) is 5.26 Å². The van der Waals surface area contributed by atoms with Crippen molar-refractivity contribution in [1.82, 2.24) is 0 Å². The van der Waals surface area contributed by atoms with Crippen LogP contribution >= 0.6 is 0 Å². The van der Waals surface area contributed by atoms with Crippen LogP contribution in [0.5, 0.6) is 5.75 Å². The molecule has 1 atom stereocenters. The Kier molecular flexibility index (Phi) is 3.42. The van der Waals surface area contributed by atoms with Gasteiger partial charge in [-0.05, 0) is 30.2 Å². The number of rotatable bonds is 3. The van der Waals surface area contributed by atoms with Gasteiger partial charge in [-0.1, -0.05) is 42.5 Å². The Balaban J connectivity index is 2.17. The van der Waals surface area contributed by atoms with Crippen molar-refractivity contribution in [2.45, 2.75) is 13.0 Å². The number of benzene rings is 2. The maximum atomic E-state index is 8.65. The van der Waals surface area contributed by atoms with Gasteiger partial charge in [0.25, 0.3) is 0 Å². The predicted octanol–water partition coefficient (Wildman–Crippen LogP) is 3.64. The highest BCUT2D eigenvalue weighted by atomic mass is 16.5. The van der Waals surface area contributed by atoms with Gasteiger partial charge in [0.2, 0.25) is 0 Å². The molecule has 0 aliphatic heterocycles. The van der Waals surface area contributed by atoms with Gasteiger partial charge in [0.1, 0.15) is 11.8 Å². The molecule has 0 saturated carbocycles. The normalized spacial score (nSPS) is 11.5. The lowest BCUT2D eigenvalue weighted by Gasteiger charge is -2.08. The Labute approximate surface area is 101 Å². The van der Waals surface area contributed by atoms with Crippen molar-refractivity contribution < 1.29 is 4.74 Å². The van der Waals surface area contributed by atoms with Crippen molar-refractivity contribution in [3.63, 3.8) is 0 Å². The summed E-state index contributed by atoms with van der Waals surface area (Å²) in [6.07, 6.45) is -0.419. The van der Waals surface area contributed by atoms with E-state index >= 15 is 0 Å². The maximum Gasteiger partial charge on any atom is 0.181 e. The van der Waals surface area contributed by atoms with E-state index in [1.165, 1.54) is 5.56 Å². The Morgan fingerprint density at radius 1 is 0.941 bits per heavy atom. The third-order valence-corrected chi connectivity index (χ3v) is 2.46. The average molecular weight is 223 g/mol. The molecular weight excluding hydrogens is 210 g/mol. The van der Waals surface area contributed by atoms with Crippen LogP contribution in [0.1, 0.15) is 6.92 Å². The molecule has 0 aromatic heterocycles. The van der Waals surface area contributed by atoms with Crippen LogP contribution < -0.4 is 4.74 Å². The first kappa shape index (κ1) is 11.2. The van der Waals surface area contributed by atoms with E-state index in [0.717, 1.165) is 11.3 Å². The SMILES string of the molecule is C[C@H](C#N)Oc1ccc(-c2ccccc2)cc1. The van der Waals surface area contributed by atoms with Crippen LogP contribution in [0.3, 0.4) is 0 Å². The van der Waals surface area contributed by atoms with Gasteiger partial charge >= 0.3 is 0 Å². The molecule has 17 heavy (non-hydrogen) atoms. The molecule has 0 heterocycles. The summed E-state index contributed by atoms with van der Waals surface area (Å²) in [4.78, 5) is 0. The monoisotopic (exact) mass is 223 g/mol. The molecule has 2 nitrogen and oxygen atoms in total. The molecule has 2 aromatic rings. The zero-order chi connectivity index (χ0) is 12.1. The minimum Gasteiger partial charge on any atom is -0.476 e. The van der Waals surface area contributed by atoms with Gasteiger partial charge < -0.3 is 4.74 Å². The lowest BCUT2D eigenvalue weighted by Crippen LogP contribution is -2.07. The quantitative estimate of drug-likeness (QED) is 0.795. The third-order valence-electron chi connectivity index (χ3n) is 2.46. The van der Waals surface area contributed by atoms with E-state index in [9.17, 15) is 0 Å². The van der Waals surface area contributed by atoms with Crippen molar-refractivity contribution in [2.24, 2.45) is 0 Å². The molecule has 0 amide bonds. The fourth-order valence-electron chi connectivity index (χ4n) is 1.59. The fourth-order valence-corrected chi connectivity index (χ4v) is 1.59. The van der Waals surface area contributed by atoms with Crippen LogP contribution in [0.2, 0.25) is 0 Å². The van der Waals surface area contributed by atoms with Crippen molar-refractivity contribution >= 4 is 0 Å². The highest BCUT2D eigenvalue weighted by molar-refractivity contribution is 5.63. The Morgan fingerprint density at radius 3 is 2.12 bits per heavy atom. The first-order chi connectivity index (χ1) is 8.29. The molecule has 0 unspecified atom stereocenters. The smallest absolute Gasteiger partial charge is 0.181 e. The highest BCUT2D eigenvalue weighted by Gasteiger charge is 2.02. The Hall–Kier alpha value is -2.27. The molecule has 0 bridgehead atoms. The van der Waals surface area contributed by atoms with Gasteiger partial charge in [0.15, 0.2) is 6.10 Å². The number of nitriles is 1. The topological polar surface area (TPSA) is 33.0 Å². The standard InChI is InChI=1S/C15H13NO/c1-12(11-16)17-15-9-7-14(8-10-15)13-5-3-2-4-6-13/h2-10,12H,1H3/t12-/m1/s1. The molecule has 0 radical (unpaired) electrons. The Bertz CT molecular complexity index is 511. The number of ether oxygens (including phenoxy) is 1. The molecular formula is C15H13NO. The number of hydrogen-bond donors (Lipinski definition) is 0. The van der Waals surface area contributed by atoms with E-state index in [2.05, 4.69) is 12.1 Å². The number of hydrogen-bond acceptors (Lipinski definition) is 2. The van der Waals surface area contributed by atoms with Gasteiger partial charge in [-0.15, -0.1) is 0 Å². The molecule has 0 N–H and O–H groups in total. The molecule has 0 aliphatic rings. The molecule has 2 aromatic carbocycles. The summed E-state index contributed by atoms with van der Waals surface area (Å²) in [7, 11) is 0. The average Bonchev–Trinajstić information content (AvgIpc) is 2.40.